The Morgan fingerprint density at radius 3 is 3.25 bits per heavy atom. The predicted molar refractivity (Wildman–Crippen MR) is 25.7 cm³/mol. The molecule has 0 radical (unpaired) electrons. The van der Waals surface area contributed by atoms with E-state index < -0.39 is 0 Å². The quantitative estimate of drug-likeness (QED) is 0.545. The standard InChI is InChI=1S/C4H4N4/c5-2-1-4-3-6-8-7-4/h3H,1H2,(H,6,7,8). The van der Waals surface area contributed by atoms with Gasteiger partial charge in [0.05, 0.1) is 18.2 Å². The first kappa shape index (κ1) is 4.78. The molecule has 0 aliphatic heterocycles. The van der Waals surface area contributed by atoms with Crippen LogP contribution in [0.5, 0.6) is 0 Å². The highest BCUT2D eigenvalue weighted by Gasteiger charge is 1.89. The first-order valence-electron chi connectivity index (χ1n) is 2.16. The number of hydrogen-bond acceptors (Lipinski definition) is 3. The van der Waals surface area contributed by atoms with Gasteiger partial charge >= 0.3 is 0 Å². The van der Waals surface area contributed by atoms with Crippen molar-refractivity contribution in [2.45, 2.75) is 6.42 Å². The highest BCUT2D eigenvalue weighted by Crippen LogP contribution is 1.85. The van der Waals surface area contributed by atoms with Crippen molar-refractivity contribution in [1.29, 1.82) is 5.26 Å². The van der Waals surface area contributed by atoms with Crippen LogP contribution in [0.2, 0.25) is 0 Å². The number of H-pyrrole nitrogens is 1. The van der Waals surface area contributed by atoms with Gasteiger partial charge < -0.3 is 0 Å². The van der Waals surface area contributed by atoms with Crippen LogP contribution in [0.15, 0.2) is 6.20 Å². The van der Waals surface area contributed by atoms with E-state index in [1.54, 1.807) is 6.20 Å². The summed E-state index contributed by atoms with van der Waals surface area (Å²) < 4.78 is 0. The Kier molecular flexibility index (Phi) is 1.24. The van der Waals surface area contributed by atoms with Crippen molar-refractivity contribution in [3.8, 4) is 6.07 Å². The van der Waals surface area contributed by atoms with Gasteiger partial charge in [0.25, 0.3) is 0 Å². The van der Waals surface area contributed by atoms with E-state index in [0.717, 1.165) is 0 Å². The largest absolute Gasteiger partial charge is 0.265 e. The third-order valence-corrected chi connectivity index (χ3v) is 0.728. The normalized spacial score (nSPS) is 8.38. The molecule has 0 aliphatic carbocycles. The van der Waals surface area contributed by atoms with Crippen molar-refractivity contribution in [1.82, 2.24) is 15.4 Å². The van der Waals surface area contributed by atoms with Crippen molar-refractivity contribution < 1.29 is 0 Å². The van der Waals surface area contributed by atoms with E-state index in [9.17, 15) is 0 Å². The minimum atomic E-state index is 0.330. The minimum Gasteiger partial charge on any atom is -0.265 e. The fourth-order valence-electron chi connectivity index (χ4n) is 0.393. The number of aromatic nitrogens is 3. The van der Waals surface area contributed by atoms with Crippen LogP contribution in [0.1, 0.15) is 5.69 Å². The Morgan fingerprint density at radius 1 is 1.88 bits per heavy atom. The zero-order chi connectivity index (χ0) is 5.82. The summed E-state index contributed by atoms with van der Waals surface area (Å²) in [5.41, 5.74) is 0.688. The summed E-state index contributed by atoms with van der Waals surface area (Å²) >= 11 is 0. The number of rotatable bonds is 1. The second-order valence-corrected chi connectivity index (χ2v) is 1.30. The lowest BCUT2D eigenvalue weighted by atomic mass is 10.4. The first-order chi connectivity index (χ1) is 3.93. The molecule has 0 unspecified atom stereocenters. The van der Waals surface area contributed by atoms with Crippen LogP contribution in [0.25, 0.3) is 0 Å². The molecule has 0 aliphatic rings. The topological polar surface area (TPSA) is 65.4 Å². The molecule has 0 fully saturated rings. The van der Waals surface area contributed by atoms with Crippen LogP contribution < -0.4 is 0 Å². The van der Waals surface area contributed by atoms with Gasteiger partial charge in [-0.15, -0.1) is 5.10 Å². The molecule has 0 saturated carbocycles. The third-order valence-electron chi connectivity index (χ3n) is 0.728. The molecule has 4 heteroatoms. The first-order valence-corrected chi connectivity index (χ1v) is 2.16. The van der Waals surface area contributed by atoms with Gasteiger partial charge in [-0.1, -0.05) is 5.21 Å². The minimum absolute atomic E-state index is 0.330. The van der Waals surface area contributed by atoms with Crippen molar-refractivity contribution in [3.63, 3.8) is 0 Å². The molecule has 4 nitrogen and oxygen atoms in total. The van der Waals surface area contributed by atoms with Gasteiger partial charge in [0.15, 0.2) is 0 Å². The average Bonchev–Trinajstić information content (AvgIpc) is 2.19. The smallest absolute Gasteiger partial charge is 0.0964 e. The Hall–Kier alpha value is -1.37. The molecule has 1 N–H and O–H groups in total. The van der Waals surface area contributed by atoms with Crippen molar-refractivity contribution in [2.75, 3.05) is 0 Å². The van der Waals surface area contributed by atoms with Gasteiger partial charge in [-0.25, -0.2) is 0 Å². The average molecular weight is 108 g/mol. The molecule has 40 valence electrons. The molecule has 1 aromatic heterocycles. The Morgan fingerprint density at radius 2 is 2.75 bits per heavy atom. The number of nitriles is 1. The Bertz CT molecular complexity index is 182. The molecule has 1 aromatic rings. The maximum absolute atomic E-state index is 8.11. The van der Waals surface area contributed by atoms with E-state index >= 15 is 0 Å². The molecule has 0 spiro atoms. The highest BCUT2D eigenvalue weighted by molar-refractivity contribution is 4.98. The van der Waals surface area contributed by atoms with Gasteiger partial charge in [0.2, 0.25) is 0 Å². The van der Waals surface area contributed by atoms with E-state index in [4.69, 9.17) is 5.26 Å². The zero-order valence-electron chi connectivity index (χ0n) is 4.13. The summed E-state index contributed by atoms with van der Waals surface area (Å²) in [7, 11) is 0. The second kappa shape index (κ2) is 2.07. The van der Waals surface area contributed by atoms with E-state index in [0.29, 0.717) is 12.1 Å². The molecule has 0 atom stereocenters. The van der Waals surface area contributed by atoms with E-state index in [2.05, 4.69) is 15.4 Å². The number of nitrogens with zero attached hydrogens (tertiary/aromatic N) is 3. The molecule has 0 bridgehead atoms. The lowest BCUT2D eigenvalue weighted by molar-refractivity contribution is 0.920. The van der Waals surface area contributed by atoms with Gasteiger partial charge in [-0.05, 0) is 0 Å². The maximum Gasteiger partial charge on any atom is 0.0964 e. The van der Waals surface area contributed by atoms with Crippen molar-refractivity contribution in [2.24, 2.45) is 0 Å². The van der Waals surface area contributed by atoms with Gasteiger partial charge in [-0.2, -0.15) is 5.26 Å². The Balaban J connectivity index is 2.67. The molecular weight excluding hydrogens is 104 g/mol. The molecule has 0 amide bonds. The Labute approximate surface area is 46.1 Å². The molecule has 1 heterocycles. The summed E-state index contributed by atoms with van der Waals surface area (Å²) in [4.78, 5) is 0. The maximum atomic E-state index is 8.11. The molecule has 0 aromatic carbocycles. The van der Waals surface area contributed by atoms with Crippen LogP contribution in [-0.2, 0) is 6.42 Å². The van der Waals surface area contributed by atoms with Crippen LogP contribution in [0, 0.1) is 11.3 Å². The van der Waals surface area contributed by atoms with Gasteiger partial charge in [-0.3, -0.25) is 5.10 Å². The van der Waals surface area contributed by atoms with E-state index in [-0.39, 0.29) is 0 Å². The SMILES string of the molecule is N#CCc1c[nH]nn1. The zero-order valence-corrected chi connectivity index (χ0v) is 4.13. The lowest BCUT2D eigenvalue weighted by Crippen LogP contribution is -1.78. The summed E-state index contributed by atoms with van der Waals surface area (Å²) in [5.74, 6) is 0. The predicted octanol–water partition coefficient (Wildman–Crippen LogP) is -0.129. The van der Waals surface area contributed by atoms with Crippen LogP contribution in [0.4, 0.5) is 0 Å². The highest BCUT2D eigenvalue weighted by atomic mass is 15.3. The summed E-state index contributed by atoms with van der Waals surface area (Å²) in [5, 5.41) is 17.6. The van der Waals surface area contributed by atoms with Crippen molar-refractivity contribution >= 4 is 0 Å². The number of aromatic amines is 1. The number of nitrogens with one attached hydrogen (secondary N) is 1. The van der Waals surface area contributed by atoms with Gasteiger partial charge in [0, 0.05) is 6.20 Å². The number of hydrogen-bond donors (Lipinski definition) is 1. The third kappa shape index (κ3) is 0.819. The molecule has 1 rings (SSSR count). The molecule has 8 heavy (non-hydrogen) atoms. The summed E-state index contributed by atoms with van der Waals surface area (Å²) in [6.45, 7) is 0. The van der Waals surface area contributed by atoms with Crippen LogP contribution in [0.3, 0.4) is 0 Å². The lowest BCUT2D eigenvalue weighted by Gasteiger charge is -1.72. The van der Waals surface area contributed by atoms with E-state index in [1.807, 2.05) is 6.07 Å². The summed E-state index contributed by atoms with van der Waals surface area (Å²) in [6.07, 6.45) is 1.93. The molecule has 0 saturated heterocycles. The fourth-order valence-corrected chi connectivity index (χ4v) is 0.393. The molecular formula is C4H4N4. The second-order valence-electron chi connectivity index (χ2n) is 1.30. The van der Waals surface area contributed by atoms with Crippen molar-refractivity contribution in [3.05, 3.63) is 11.9 Å². The van der Waals surface area contributed by atoms with Gasteiger partial charge in [0.1, 0.15) is 0 Å². The van der Waals surface area contributed by atoms with Crippen LogP contribution >= 0.6 is 0 Å². The van der Waals surface area contributed by atoms with E-state index in [1.165, 1.54) is 0 Å². The monoisotopic (exact) mass is 108 g/mol. The fraction of sp³-hybridized carbons (Fsp3) is 0.250. The van der Waals surface area contributed by atoms with Crippen LogP contribution in [-0.4, -0.2) is 15.4 Å². The summed E-state index contributed by atoms with van der Waals surface area (Å²) in [6, 6.07) is 1.95.